The summed E-state index contributed by atoms with van der Waals surface area (Å²) in [5, 5.41) is 3.42. The van der Waals surface area contributed by atoms with Gasteiger partial charge in [0.15, 0.2) is 0 Å². The quantitative estimate of drug-likeness (QED) is 0.679. The number of benzene rings is 2. The van der Waals surface area contributed by atoms with Crippen LogP contribution in [0.2, 0.25) is 0 Å². The van der Waals surface area contributed by atoms with Crippen molar-refractivity contribution in [2.24, 2.45) is 0 Å². The molecule has 2 aromatic carbocycles. The molecule has 0 aliphatic carbocycles. The molecule has 5 nitrogen and oxygen atoms in total. The minimum absolute atomic E-state index is 0.632. The van der Waals surface area contributed by atoms with E-state index in [1.165, 1.54) is 5.56 Å². The van der Waals surface area contributed by atoms with Crippen LogP contribution in [0.4, 0.5) is 5.95 Å². The summed E-state index contributed by atoms with van der Waals surface area (Å²) in [5.41, 5.74) is 3.39. The van der Waals surface area contributed by atoms with Gasteiger partial charge in [-0.25, -0.2) is 4.98 Å². The number of methoxy groups -OCH3 is 2. The van der Waals surface area contributed by atoms with E-state index in [-0.39, 0.29) is 0 Å². The molecule has 1 aromatic heterocycles. The molecule has 25 heavy (non-hydrogen) atoms. The van der Waals surface area contributed by atoms with Crippen LogP contribution in [0.25, 0.3) is 11.3 Å². The zero-order valence-corrected chi connectivity index (χ0v) is 14.6. The second-order valence-electron chi connectivity index (χ2n) is 5.68. The first kappa shape index (κ1) is 17.0. The normalized spacial score (nSPS) is 10.6. The Labute approximate surface area is 148 Å². The van der Waals surface area contributed by atoms with Crippen molar-refractivity contribution in [3.05, 3.63) is 66.4 Å². The standard InChI is InChI=1S/C20H23N3O2/c1-24-13-12-23-19(17-6-4-3-5-7-17)15-22-20(23)21-14-16-8-10-18(25-2)11-9-16/h3-11,15H,12-14H2,1-2H3,(H,21,22). The van der Waals surface area contributed by atoms with Crippen molar-refractivity contribution in [3.8, 4) is 17.0 Å². The Kier molecular flexibility index (Phi) is 5.69. The van der Waals surface area contributed by atoms with Gasteiger partial charge in [0.05, 0.1) is 25.6 Å². The molecule has 1 N–H and O–H groups in total. The maximum Gasteiger partial charge on any atom is 0.203 e. The number of imidazole rings is 1. The second kappa shape index (κ2) is 8.35. The van der Waals surface area contributed by atoms with E-state index in [4.69, 9.17) is 9.47 Å². The van der Waals surface area contributed by atoms with Crippen molar-refractivity contribution in [2.45, 2.75) is 13.1 Å². The summed E-state index contributed by atoms with van der Waals surface area (Å²) < 4.78 is 12.6. The molecule has 0 saturated heterocycles. The van der Waals surface area contributed by atoms with Gasteiger partial charge < -0.3 is 19.4 Å². The predicted octanol–water partition coefficient (Wildman–Crippen LogP) is 3.82. The number of ether oxygens (including phenoxy) is 2. The summed E-state index contributed by atoms with van der Waals surface area (Å²) in [7, 11) is 3.38. The molecule has 1 heterocycles. The van der Waals surface area contributed by atoms with Crippen LogP contribution in [0.3, 0.4) is 0 Å². The van der Waals surface area contributed by atoms with Crippen LogP contribution in [0, 0.1) is 0 Å². The molecule has 0 saturated carbocycles. The number of hydrogen-bond acceptors (Lipinski definition) is 4. The molecule has 0 spiro atoms. The second-order valence-corrected chi connectivity index (χ2v) is 5.68. The van der Waals surface area contributed by atoms with Gasteiger partial charge >= 0.3 is 0 Å². The Morgan fingerprint density at radius 2 is 1.76 bits per heavy atom. The van der Waals surface area contributed by atoms with Crippen LogP contribution in [-0.2, 0) is 17.8 Å². The topological polar surface area (TPSA) is 48.3 Å². The molecular formula is C20H23N3O2. The molecule has 3 rings (SSSR count). The maximum atomic E-state index is 5.26. The highest BCUT2D eigenvalue weighted by Gasteiger charge is 2.11. The van der Waals surface area contributed by atoms with Crippen molar-refractivity contribution in [1.82, 2.24) is 9.55 Å². The molecule has 0 bridgehead atoms. The molecule has 0 amide bonds. The molecular weight excluding hydrogens is 314 g/mol. The van der Waals surface area contributed by atoms with Gasteiger partial charge in [0.1, 0.15) is 5.75 Å². The first-order valence-corrected chi connectivity index (χ1v) is 8.28. The summed E-state index contributed by atoms with van der Waals surface area (Å²) in [6, 6.07) is 18.3. The number of nitrogens with zero attached hydrogens (tertiary/aromatic N) is 2. The summed E-state index contributed by atoms with van der Waals surface area (Å²) in [4.78, 5) is 4.57. The van der Waals surface area contributed by atoms with Crippen molar-refractivity contribution < 1.29 is 9.47 Å². The predicted molar refractivity (Wildman–Crippen MR) is 99.9 cm³/mol. The van der Waals surface area contributed by atoms with E-state index in [0.29, 0.717) is 13.2 Å². The molecule has 0 fully saturated rings. The van der Waals surface area contributed by atoms with Gasteiger partial charge in [-0.15, -0.1) is 0 Å². The highest BCUT2D eigenvalue weighted by molar-refractivity contribution is 5.61. The van der Waals surface area contributed by atoms with Crippen LogP contribution in [0.15, 0.2) is 60.8 Å². The molecule has 5 heteroatoms. The minimum Gasteiger partial charge on any atom is -0.497 e. The van der Waals surface area contributed by atoms with E-state index in [1.807, 2.05) is 48.7 Å². The number of aromatic nitrogens is 2. The van der Waals surface area contributed by atoms with Gasteiger partial charge in [-0.05, 0) is 23.3 Å². The van der Waals surface area contributed by atoms with Gasteiger partial charge in [-0.1, -0.05) is 42.5 Å². The Morgan fingerprint density at radius 3 is 2.44 bits per heavy atom. The molecule has 0 aliphatic heterocycles. The molecule has 0 unspecified atom stereocenters. The zero-order valence-electron chi connectivity index (χ0n) is 14.6. The fourth-order valence-electron chi connectivity index (χ4n) is 2.69. The van der Waals surface area contributed by atoms with Crippen molar-refractivity contribution >= 4 is 5.95 Å². The molecule has 0 radical (unpaired) electrons. The van der Waals surface area contributed by atoms with Crippen molar-refractivity contribution in [2.75, 3.05) is 26.1 Å². The van der Waals surface area contributed by atoms with Crippen LogP contribution in [-0.4, -0.2) is 30.4 Å². The van der Waals surface area contributed by atoms with Crippen molar-refractivity contribution in [1.29, 1.82) is 0 Å². The van der Waals surface area contributed by atoms with Crippen molar-refractivity contribution in [3.63, 3.8) is 0 Å². The first-order valence-electron chi connectivity index (χ1n) is 8.28. The monoisotopic (exact) mass is 337 g/mol. The highest BCUT2D eigenvalue weighted by atomic mass is 16.5. The highest BCUT2D eigenvalue weighted by Crippen LogP contribution is 2.23. The third kappa shape index (κ3) is 4.19. The van der Waals surface area contributed by atoms with E-state index in [1.54, 1.807) is 14.2 Å². The Bertz CT molecular complexity index is 782. The van der Waals surface area contributed by atoms with Gasteiger partial charge in [-0.3, -0.25) is 0 Å². The average Bonchev–Trinajstić information content (AvgIpc) is 3.08. The zero-order chi connectivity index (χ0) is 17.5. The summed E-state index contributed by atoms with van der Waals surface area (Å²) in [6.45, 7) is 2.07. The van der Waals surface area contributed by atoms with Gasteiger partial charge in [0.2, 0.25) is 5.95 Å². The Hall–Kier alpha value is -2.79. The van der Waals surface area contributed by atoms with E-state index in [9.17, 15) is 0 Å². The average molecular weight is 337 g/mol. The van der Waals surface area contributed by atoms with E-state index in [2.05, 4.69) is 27.0 Å². The number of rotatable bonds is 8. The van der Waals surface area contributed by atoms with Gasteiger partial charge in [-0.2, -0.15) is 0 Å². The lowest BCUT2D eigenvalue weighted by Crippen LogP contribution is -2.11. The Morgan fingerprint density at radius 1 is 1.00 bits per heavy atom. The molecule has 0 atom stereocenters. The lowest BCUT2D eigenvalue weighted by Gasteiger charge is -2.13. The third-order valence-corrected chi connectivity index (χ3v) is 4.05. The molecule has 0 aliphatic rings. The number of hydrogen-bond donors (Lipinski definition) is 1. The van der Waals surface area contributed by atoms with Crippen LogP contribution >= 0.6 is 0 Å². The fraction of sp³-hybridized carbons (Fsp3) is 0.250. The molecule has 3 aromatic rings. The number of anilines is 1. The van der Waals surface area contributed by atoms with Crippen LogP contribution < -0.4 is 10.1 Å². The third-order valence-electron chi connectivity index (χ3n) is 4.05. The summed E-state index contributed by atoms with van der Waals surface area (Å²) in [5.74, 6) is 1.70. The van der Waals surface area contributed by atoms with Crippen LogP contribution in [0.1, 0.15) is 5.56 Å². The maximum absolute atomic E-state index is 5.26. The number of nitrogens with one attached hydrogen (secondary N) is 1. The first-order chi connectivity index (χ1) is 12.3. The van der Waals surface area contributed by atoms with Gasteiger partial charge in [0.25, 0.3) is 0 Å². The smallest absolute Gasteiger partial charge is 0.203 e. The Balaban J connectivity index is 1.79. The summed E-state index contributed by atoms with van der Waals surface area (Å²) in [6.07, 6.45) is 1.90. The largest absolute Gasteiger partial charge is 0.497 e. The van der Waals surface area contributed by atoms with Gasteiger partial charge in [0, 0.05) is 20.2 Å². The minimum atomic E-state index is 0.632. The van der Waals surface area contributed by atoms with E-state index >= 15 is 0 Å². The van der Waals surface area contributed by atoms with Crippen LogP contribution in [0.5, 0.6) is 5.75 Å². The lowest BCUT2D eigenvalue weighted by molar-refractivity contribution is 0.188. The summed E-state index contributed by atoms with van der Waals surface area (Å²) >= 11 is 0. The SMILES string of the molecule is COCCn1c(-c2ccccc2)cnc1NCc1ccc(OC)cc1. The van der Waals surface area contributed by atoms with E-state index in [0.717, 1.165) is 29.5 Å². The molecule has 130 valence electrons. The van der Waals surface area contributed by atoms with E-state index < -0.39 is 0 Å². The lowest BCUT2D eigenvalue weighted by atomic mass is 10.2. The fourth-order valence-corrected chi connectivity index (χ4v) is 2.69.